The number of carbonyl (C=O) groups excluding carboxylic acids is 2. The average molecular weight is 382 g/mol. The number of piperidine rings is 1. The number of rotatable bonds is 3. The zero-order chi connectivity index (χ0) is 18.6. The van der Waals surface area contributed by atoms with Crippen molar-refractivity contribution >= 4 is 34.9 Å². The van der Waals surface area contributed by atoms with E-state index in [1.54, 1.807) is 22.3 Å². The van der Waals surface area contributed by atoms with Gasteiger partial charge in [0.25, 0.3) is 11.8 Å². The summed E-state index contributed by atoms with van der Waals surface area (Å²) in [5, 5.41) is 1.97. The third-order valence-electron chi connectivity index (χ3n) is 4.92. The van der Waals surface area contributed by atoms with E-state index in [1.807, 2.05) is 52.8 Å². The van der Waals surface area contributed by atoms with Crippen LogP contribution in [0.25, 0.3) is 6.08 Å². The SMILES string of the molecule is O=C(C1CN(C(=O)C=Cc2cccs2)c2ccccc2O1)N1CCCCC1. The smallest absolute Gasteiger partial charge is 0.265 e. The maximum atomic E-state index is 12.9. The van der Waals surface area contributed by atoms with Gasteiger partial charge in [-0.1, -0.05) is 18.2 Å². The predicted molar refractivity (Wildman–Crippen MR) is 107 cm³/mol. The number of ether oxygens (including phenoxy) is 1. The van der Waals surface area contributed by atoms with Crippen LogP contribution in [0.15, 0.2) is 47.9 Å². The van der Waals surface area contributed by atoms with Crippen LogP contribution in [-0.4, -0.2) is 42.5 Å². The second-order valence-corrected chi connectivity index (χ2v) is 7.74. The van der Waals surface area contributed by atoms with Crippen molar-refractivity contribution in [2.75, 3.05) is 24.5 Å². The van der Waals surface area contributed by atoms with Crippen LogP contribution in [0.5, 0.6) is 5.75 Å². The van der Waals surface area contributed by atoms with E-state index < -0.39 is 6.10 Å². The molecule has 27 heavy (non-hydrogen) atoms. The van der Waals surface area contributed by atoms with Gasteiger partial charge in [0.2, 0.25) is 0 Å². The number of thiophene rings is 1. The molecule has 6 heteroatoms. The fourth-order valence-corrected chi connectivity index (χ4v) is 4.14. The Bertz CT molecular complexity index is 841. The number of likely N-dealkylation sites (tertiary alicyclic amines) is 1. The molecule has 1 atom stereocenters. The summed E-state index contributed by atoms with van der Waals surface area (Å²) in [6, 6.07) is 11.3. The van der Waals surface area contributed by atoms with Crippen LogP contribution in [0, 0.1) is 0 Å². The molecule has 0 saturated carbocycles. The monoisotopic (exact) mass is 382 g/mol. The van der Waals surface area contributed by atoms with E-state index in [4.69, 9.17) is 4.74 Å². The quantitative estimate of drug-likeness (QED) is 0.763. The third kappa shape index (κ3) is 3.90. The largest absolute Gasteiger partial charge is 0.476 e. The Balaban J connectivity index is 1.56. The van der Waals surface area contributed by atoms with Gasteiger partial charge in [0.1, 0.15) is 5.75 Å². The van der Waals surface area contributed by atoms with Crippen molar-refractivity contribution in [2.24, 2.45) is 0 Å². The van der Waals surface area contributed by atoms with Gasteiger partial charge in [-0.2, -0.15) is 0 Å². The van der Waals surface area contributed by atoms with Gasteiger partial charge in [0.05, 0.1) is 12.2 Å². The second kappa shape index (κ2) is 7.96. The highest BCUT2D eigenvalue weighted by atomic mass is 32.1. The van der Waals surface area contributed by atoms with E-state index in [0.717, 1.165) is 37.2 Å². The lowest BCUT2D eigenvalue weighted by Gasteiger charge is -2.37. The van der Waals surface area contributed by atoms with Crippen molar-refractivity contribution in [2.45, 2.75) is 25.4 Å². The molecule has 1 aromatic heterocycles. The Labute approximate surface area is 162 Å². The molecule has 1 fully saturated rings. The molecule has 2 aliphatic heterocycles. The number of benzene rings is 1. The van der Waals surface area contributed by atoms with E-state index in [9.17, 15) is 9.59 Å². The average Bonchev–Trinajstić information content (AvgIpc) is 3.25. The minimum atomic E-state index is -0.655. The first kappa shape index (κ1) is 17.8. The molecular formula is C21H22N2O3S. The fraction of sp³-hybridized carbons (Fsp3) is 0.333. The molecule has 2 aromatic rings. The van der Waals surface area contributed by atoms with Gasteiger partial charge in [-0.25, -0.2) is 0 Å². The molecule has 0 N–H and O–H groups in total. The van der Waals surface area contributed by atoms with Crippen molar-refractivity contribution in [3.8, 4) is 5.75 Å². The summed E-state index contributed by atoms with van der Waals surface area (Å²) in [5.74, 6) is 0.414. The summed E-state index contributed by atoms with van der Waals surface area (Å²) in [6.45, 7) is 1.78. The first-order chi connectivity index (χ1) is 13.2. The van der Waals surface area contributed by atoms with Crippen molar-refractivity contribution in [1.82, 2.24) is 4.90 Å². The van der Waals surface area contributed by atoms with Crippen molar-refractivity contribution in [3.05, 3.63) is 52.7 Å². The molecule has 0 spiro atoms. The highest BCUT2D eigenvalue weighted by Gasteiger charge is 2.35. The normalized spacial score (nSPS) is 19.6. The molecule has 0 bridgehead atoms. The number of carbonyl (C=O) groups is 2. The lowest BCUT2D eigenvalue weighted by Crippen LogP contribution is -2.52. The lowest BCUT2D eigenvalue weighted by atomic mass is 10.1. The van der Waals surface area contributed by atoms with Crippen LogP contribution < -0.4 is 9.64 Å². The molecule has 140 valence electrons. The number of hydrogen-bond acceptors (Lipinski definition) is 4. The summed E-state index contributed by atoms with van der Waals surface area (Å²) >= 11 is 1.58. The number of para-hydroxylation sites is 2. The Hall–Kier alpha value is -2.60. The number of amides is 2. The van der Waals surface area contributed by atoms with Gasteiger partial charge in [-0.15, -0.1) is 11.3 Å². The summed E-state index contributed by atoms with van der Waals surface area (Å²) < 4.78 is 5.97. The Morgan fingerprint density at radius 1 is 1.07 bits per heavy atom. The first-order valence-corrected chi connectivity index (χ1v) is 10.2. The predicted octanol–water partition coefficient (Wildman–Crippen LogP) is 3.57. The van der Waals surface area contributed by atoms with Crippen LogP contribution in [0.3, 0.4) is 0 Å². The summed E-state index contributed by atoms with van der Waals surface area (Å²) in [6.07, 6.45) is 5.94. The van der Waals surface area contributed by atoms with Crippen molar-refractivity contribution in [1.29, 1.82) is 0 Å². The summed E-state index contributed by atoms with van der Waals surface area (Å²) in [7, 11) is 0. The van der Waals surface area contributed by atoms with Gasteiger partial charge in [-0.05, 0) is 48.9 Å². The minimum absolute atomic E-state index is 0.0239. The number of anilines is 1. The van der Waals surface area contributed by atoms with E-state index in [-0.39, 0.29) is 18.4 Å². The van der Waals surface area contributed by atoms with Crippen LogP contribution in [0.2, 0.25) is 0 Å². The molecule has 3 heterocycles. The molecule has 0 radical (unpaired) electrons. The van der Waals surface area contributed by atoms with E-state index in [2.05, 4.69) is 0 Å². The zero-order valence-electron chi connectivity index (χ0n) is 15.0. The van der Waals surface area contributed by atoms with E-state index in [0.29, 0.717) is 11.4 Å². The summed E-state index contributed by atoms with van der Waals surface area (Å²) in [4.78, 5) is 30.3. The van der Waals surface area contributed by atoms with Gasteiger partial charge < -0.3 is 14.5 Å². The molecule has 1 unspecified atom stereocenters. The van der Waals surface area contributed by atoms with Gasteiger partial charge in [0.15, 0.2) is 6.10 Å². The number of fused-ring (bicyclic) bond motifs is 1. The molecule has 2 amide bonds. The fourth-order valence-electron chi connectivity index (χ4n) is 3.52. The zero-order valence-corrected chi connectivity index (χ0v) is 15.9. The molecule has 1 saturated heterocycles. The third-order valence-corrected chi connectivity index (χ3v) is 5.75. The van der Waals surface area contributed by atoms with E-state index >= 15 is 0 Å². The maximum absolute atomic E-state index is 12.9. The van der Waals surface area contributed by atoms with E-state index in [1.165, 1.54) is 0 Å². The molecule has 1 aromatic carbocycles. The molecule has 5 nitrogen and oxygen atoms in total. The van der Waals surface area contributed by atoms with Gasteiger partial charge in [0, 0.05) is 24.0 Å². The number of hydrogen-bond donors (Lipinski definition) is 0. The second-order valence-electron chi connectivity index (χ2n) is 6.76. The van der Waals surface area contributed by atoms with Crippen LogP contribution in [-0.2, 0) is 9.59 Å². The van der Waals surface area contributed by atoms with Crippen LogP contribution >= 0.6 is 11.3 Å². The molecule has 4 rings (SSSR count). The van der Waals surface area contributed by atoms with Gasteiger partial charge >= 0.3 is 0 Å². The maximum Gasteiger partial charge on any atom is 0.265 e. The highest BCUT2D eigenvalue weighted by Crippen LogP contribution is 2.34. The Morgan fingerprint density at radius 2 is 1.89 bits per heavy atom. The van der Waals surface area contributed by atoms with Crippen molar-refractivity contribution in [3.63, 3.8) is 0 Å². The molecule has 0 aliphatic carbocycles. The first-order valence-electron chi connectivity index (χ1n) is 9.30. The standard InChI is InChI=1S/C21H22N2O3S/c24-20(11-10-16-7-6-14-27-16)23-15-19(21(25)22-12-4-1-5-13-22)26-18-9-3-2-8-17(18)23/h2-3,6-11,14,19H,1,4-5,12-13,15H2. The summed E-state index contributed by atoms with van der Waals surface area (Å²) in [5.41, 5.74) is 0.709. The van der Waals surface area contributed by atoms with Crippen LogP contribution in [0.4, 0.5) is 5.69 Å². The van der Waals surface area contributed by atoms with Crippen LogP contribution in [0.1, 0.15) is 24.1 Å². The molecular weight excluding hydrogens is 360 g/mol. The molecule has 2 aliphatic rings. The van der Waals surface area contributed by atoms with Gasteiger partial charge in [-0.3, -0.25) is 9.59 Å². The highest BCUT2D eigenvalue weighted by molar-refractivity contribution is 7.10. The number of nitrogens with zero attached hydrogens (tertiary/aromatic N) is 2. The Kier molecular flexibility index (Phi) is 5.25. The lowest BCUT2D eigenvalue weighted by molar-refractivity contribution is -0.139. The minimum Gasteiger partial charge on any atom is -0.476 e. The van der Waals surface area contributed by atoms with Crippen molar-refractivity contribution < 1.29 is 14.3 Å². The topological polar surface area (TPSA) is 49.9 Å². The Morgan fingerprint density at radius 3 is 2.67 bits per heavy atom.